The van der Waals surface area contributed by atoms with E-state index in [0.717, 1.165) is 15.8 Å². The number of hydrogen-bond acceptors (Lipinski definition) is 3. The largest absolute Gasteiger partial charge is 0.496 e. The van der Waals surface area contributed by atoms with E-state index in [1.807, 2.05) is 18.2 Å². The summed E-state index contributed by atoms with van der Waals surface area (Å²) in [6.45, 7) is 0. The van der Waals surface area contributed by atoms with E-state index in [-0.39, 0.29) is 11.7 Å². The Kier molecular flexibility index (Phi) is 6.27. The van der Waals surface area contributed by atoms with Gasteiger partial charge in [0.15, 0.2) is 0 Å². The first-order valence-electron chi connectivity index (χ1n) is 6.54. The van der Waals surface area contributed by atoms with E-state index in [1.165, 1.54) is 36.0 Å². The van der Waals surface area contributed by atoms with Crippen LogP contribution in [0.5, 0.6) is 5.75 Å². The molecule has 0 aliphatic carbocycles. The minimum Gasteiger partial charge on any atom is -0.496 e. The Hall–Kier alpha value is -1.53. The predicted molar refractivity (Wildman–Crippen MR) is 91.9 cm³/mol. The SMILES string of the molecule is COc1ccc(Br)cc1CSCC(=O)Nc1ccc(F)cc1. The lowest BCUT2D eigenvalue weighted by Gasteiger charge is -2.09. The Morgan fingerprint density at radius 1 is 1.27 bits per heavy atom. The lowest BCUT2D eigenvalue weighted by molar-refractivity contribution is -0.113. The van der Waals surface area contributed by atoms with Crippen molar-refractivity contribution in [3.63, 3.8) is 0 Å². The number of carbonyl (C=O) groups is 1. The number of anilines is 1. The van der Waals surface area contributed by atoms with Crippen LogP contribution < -0.4 is 10.1 Å². The van der Waals surface area contributed by atoms with Gasteiger partial charge in [0.1, 0.15) is 11.6 Å². The van der Waals surface area contributed by atoms with Gasteiger partial charge < -0.3 is 10.1 Å². The number of ether oxygens (including phenoxy) is 1. The second kappa shape index (κ2) is 8.19. The van der Waals surface area contributed by atoms with Gasteiger partial charge in [0.2, 0.25) is 5.91 Å². The molecule has 0 aromatic heterocycles. The van der Waals surface area contributed by atoms with E-state index >= 15 is 0 Å². The number of hydrogen-bond donors (Lipinski definition) is 1. The standard InChI is InChI=1S/C16H15BrFNO2S/c1-21-15-7-2-12(17)8-11(15)9-22-10-16(20)19-14-5-3-13(18)4-6-14/h2-8H,9-10H2,1H3,(H,19,20). The zero-order valence-electron chi connectivity index (χ0n) is 11.9. The highest BCUT2D eigenvalue weighted by molar-refractivity contribution is 9.10. The number of rotatable bonds is 6. The molecule has 0 bridgehead atoms. The Morgan fingerprint density at radius 2 is 2.00 bits per heavy atom. The highest BCUT2D eigenvalue weighted by Crippen LogP contribution is 2.26. The molecule has 0 fully saturated rings. The molecule has 116 valence electrons. The Bertz CT molecular complexity index is 649. The zero-order valence-corrected chi connectivity index (χ0v) is 14.3. The average molecular weight is 384 g/mol. The van der Waals surface area contributed by atoms with Crippen LogP contribution in [0.1, 0.15) is 5.56 Å². The van der Waals surface area contributed by atoms with E-state index in [2.05, 4.69) is 21.2 Å². The molecule has 2 rings (SSSR count). The number of thioether (sulfide) groups is 1. The maximum absolute atomic E-state index is 12.8. The van der Waals surface area contributed by atoms with Gasteiger partial charge in [-0.15, -0.1) is 11.8 Å². The maximum Gasteiger partial charge on any atom is 0.234 e. The minimum absolute atomic E-state index is 0.120. The fourth-order valence-electron chi connectivity index (χ4n) is 1.84. The van der Waals surface area contributed by atoms with Crippen molar-refractivity contribution >= 4 is 39.3 Å². The molecule has 0 saturated carbocycles. The van der Waals surface area contributed by atoms with Crippen molar-refractivity contribution in [1.82, 2.24) is 0 Å². The van der Waals surface area contributed by atoms with Crippen LogP contribution in [0.15, 0.2) is 46.9 Å². The summed E-state index contributed by atoms with van der Waals surface area (Å²) in [5, 5.41) is 2.73. The Labute approximate surface area is 141 Å². The normalized spacial score (nSPS) is 10.3. The smallest absolute Gasteiger partial charge is 0.234 e. The third-order valence-electron chi connectivity index (χ3n) is 2.86. The molecule has 0 heterocycles. The van der Waals surface area contributed by atoms with Crippen LogP contribution in [0.25, 0.3) is 0 Å². The fourth-order valence-corrected chi connectivity index (χ4v) is 3.06. The van der Waals surface area contributed by atoms with Crippen LogP contribution in [0.3, 0.4) is 0 Å². The van der Waals surface area contributed by atoms with Crippen LogP contribution in [0, 0.1) is 5.82 Å². The first-order chi connectivity index (χ1) is 10.6. The van der Waals surface area contributed by atoms with Crippen molar-refractivity contribution in [3.8, 4) is 5.75 Å². The molecule has 2 aromatic rings. The molecule has 1 N–H and O–H groups in total. The lowest BCUT2D eigenvalue weighted by Crippen LogP contribution is -2.14. The van der Waals surface area contributed by atoms with E-state index < -0.39 is 0 Å². The summed E-state index contributed by atoms with van der Waals surface area (Å²) in [5.41, 5.74) is 1.61. The van der Waals surface area contributed by atoms with Crippen molar-refractivity contribution in [3.05, 3.63) is 58.3 Å². The Balaban J connectivity index is 1.84. The van der Waals surface area contributed by atoms with Gasteiger partial charge in [0, 0.05) is 21.5 Å². The van der Waals surface area contributed by atoms with Gasteiger partial charge in [-0.05, 0) is 42.5 Å². The number of carbonyl (C=O) groups excluding carboxylic acids is 1. The number of halogens is 2. The molecule has 0 saturated heterocycles. The van der Waals surface area contributed by atoms with Crippen LogP contribution in [-0.4, -0.2) is 18.8 Å². The second-order valence-corrected chi connectivity index (χ2v) is 6.41. The van der Waals surface area contributed by atoms with Gasteiger partial charge in [-0.2, -0.15) is 0 Å². The highest BCUT2D eigenvalue weighted by atomic mass is 79.9. The monoisotopic (exact) mass is 383 g/mol. The molecule has 0 radical (unpaired) electrons. The predicted octanol–water partition coefficient (Wildman–Crippen LogP) is 4.47. The summed E-state index contributed by atoms with van der Waals surface area (Å²) in [5.74, 6) is 1.33. The molecule has 2 aromatic carbocycles. The quantitative estimate of drug-likeness (QED) is 0.799. The molecule has 0 spiro atoms. The molecule has 3 nitrogen and oxygen atoms in total. The first-order valence-corrected chi connectivity index (χ1v) is 8.49. The van der Waals surface area contributed by atoms with Crippen molar-refractivity contribution in [2.24, 2.45) is 0 Å². The summed E-state index contributed by atoms with van der Waals surface area (Å²) in [7, 11) is 1.62. The third-order valence-corrected chi connectivity index (χ3v) is 4.34. The topological polar surface area (TPSA) is 38.3 Å². The Morgan fingerprint density at radius 3 is 2.68 bits per heavy atom. The molecule has 6 heteroatoms. The van der Waals surface area contributed by atoms with Gasteiger partial charge in [-0.25, -0.2) is 4.39 Å². The van der Waals surface area contributed by atoms with E-state index in [9.17, 15) is 9.18 Å². The van der Waals surface area contributed by atoms with Crippen molar-refractivity contribution in [2.75, 3.05) is 18.2 Å². The number of amides is 1. The van der Waals surface area contributed by atoms with Gasteiger partial charge in [0.05, 0.1) is 12.9 Å². The summed E-state index contributed by atoms with van der Waals surface area (Å²) < 4.78 is 19.1. The average Bonchev–Trinajstić information content (AvgIpc) is 2.50. The van der Waals surface area contributed by atoms with Crippen molar-refractivity contribution in [2.45, 2.75) is 5.75 Å². The summed E-state index contributed by atoms with van der Waals surface area (Å²) in [6.07, 6.45) is 0. The lowest BCUT2D eigenvalue weighted by atomic mass is 10.2. The van der Waals surface area contributed by atoms with E-state index in [1.54, 1.807) is 7.11 Å². The van der Waals surface area contributed by atoms with Gasteiger partial charge in [-0.3, -0.25) is 4.79 Å². The molecule has 1 amide bonds. The fraction of sp³-hybridized carbons (Fsp3) is 0.188. The number of methoxy groups -OCH3 is 1. The highest BCUT2D eigenvalue weighted by Gasteiger charge is 2.07. The van der Waals surface area contributed by atoms with E-state index in [0.29, 0.717) is 17.2 Å². The molecular weight excluding hydrogens is 369 g/mol. The molecule has 0 aliphatic heterocycles. The van der Waals surface area contributed by atoms with Crippen LogP contribution >= 0.6 is 27.7 Å². The van der Waals surface area contributed by atoms with E-state index in [4.69, 9.17) is 4.74 Å². The molecular formula is C16H15BrFNO2S. The number of nitrogens with one attached hydrogen (secondary N) is 1. The summed E-state index contributed by atoms with van der Waals surface area (Å²) in [6, 6.07) is 11.5. The third kappa shape index (κ3) is 5.03. The molecule has 0 aliphatic rings. The molecule has 22 heavy (non-hydrogen) atoms. The van der Waals surface area contributed by atoms with Gasteiger partial charge >= 0.3 is 0 Å². The maximum atomic E-state index is 12.8. The van der Waals surface area contributed by atoms with Gasteiger partial charge in [-0.1, -0.05) is 15.9 Å². The van der Waals surface area contributed by atoms with Crippen molar-refractivity contribution in [1.29, 1.82) is 0 Å². The van der Waals surface area contributed by atoms with Crippen LogP contribution in [-0.2, 0) is 10.5 Å². The minimum atomic E-state index is -0.325. The zero-order chi connectivity index (χ0) is 15.9. The van der Waals surface area contributed by atoms with Crippen LogP contribution in [0.2, 0.25) is 0 Å². The number of benzene rings is 2. The van der Waals surface area contributed by atoms with Gasteiger partial charge in [0.25, 0.3) is 0 Å². The second-order valence-electron chi connectivity index (χ2n) is 4.50. The van der Waals surface area contributed by atoms with Crippen molar-refractivity contribution < 1.29 is 13.9 Å². The van der Waals surface area contributed by atoms with Crippen LogP contribution in [0.4, 0.5) is 10.1 Å². The molecule has 0 atom stereocenters. The molecule has 0 unspecified atom stereocenters. The summed E-state index contributed by atoms with van der Waals surface area (Å²) >= 11 is 4.91. The first kappa shape index (κ1) is 16.8. The summed E-state index contributed by atoms with van der Waals surface area (Å²) in [4.78, 5) is 11.8.